The van der Waals surface area contributed by atoms with Crippen LogP contribution < -0.4 is 16.0 Å². The summed E-state index contributed by atoms with van der Waals surface area (Å²) in [4.78, 5) is 11.2. The predicted molar refractivity (Wildman–Crippen MR) is 144 cm³/mol. The number of ether oxygens (including phenoxy) is 2. The summed E-state index contributed by atoms with van der Waals surface area (Å²) in [5.74, 6) is -1.03. The highest BCUT2D eigenvalue weighted by Crippen LogP contribution is 2.27. The Kier molecular flexibility index (Phi) is 6.96. The van der Waals surface area contributed by atoms with Gasteiger partial charge in [0, 0.05) is 35.6 Å². The highest BCUT2D eigenvalue weighted by Gasteiger charge is 2.23. The maximum Gasteiger partial charge on any atom is 0.291 e. The number of anilines is 2. The van der Waals surface area contributed by atoms with Crippen molar-refractivity contribution in [2.75, 3.05) is 36.5 Å². The number of morpholine rings is 1. The molecule has 2 aliphatic rings. The average molecular weight is 499 g/mol. The molecule has 1 atom stereocenters. The van der Waals surface area contributed by atoms with Crippen LogP contribution in [0.4, 0.5) is 15.8 Å². The maximum atomic E-state index is 14.9. The predicted octanol–water partition coefficient (Wildman–Crippen LogP) is 4.12. The van der Waals surface area contributed by atoms with Crippen LogP contribution in [0, 0.1) is 11.2 Å². The van der Waals surface area contributed by atoms with E-state index in [1.54, 1.807) is 6.07 Å². The number of benzene rings is 3. The SMILES string of the molecule is C=C1Nc2ccccc2C(c2ccccc2)=N[C@H]1N=C(N)OC(=N)c1ccc(N2CCOCC2)cc1F. The number of rotatable bonds is 4. The lowest BCUT2D eigenvalue weighted by Crippen LogP contribution is -2.36. The van der Waals surface area contributed by atoms with E-state index in [2.05, 4.69) is 16.9 Å². The molecule has 2 heterocycles. The van der Waals surface area contributed by atoms with E-state index < -0.39 is 17.9 Å². The zero-order chi connectivity index (χ0) is 25.8. The molecule has 37 heavy (non-hydrogen) atoms. The third kappa shape index (κ3) is 5.36. The minimum atomic E-state index is -0.830. The Labute approximate surface area is 214 Å². The van der Waals surface area contributed by atoms with Gasteiger partial charge < -0.3 is 25.4 Å². The van der Waals surface area contributed by atoms with Crippen LogP contribution in [0.15, 0.2) is 95.1 Å². The van der Waals surface area contributed by atoms with Crippen molar-refractivity contribution in [3.63, 3.8) is 0 Å². The van der Waals surface area contributed by atoms with Crippen molar-refractivity contribution in [3.05, 3.63) is 108 Å². The molecule has 0 saturated carbocycles. The van der Waals surface area contributed by atoms with Gasteiger partial charge in [-0.1, -0.05) is 55.1 Å². The molecule has 1 saturated heterocycles. The lowest BCUT2D eigenvalue weighted by Gasteiger charge is -2.29. The maximum absolute atomic E-state index is 14.9. The van der Waals surface area contributed by atoms with Gasteiger partial charge in [-0.05, 0) is 24.3 Å². The second-order valence-electron chi connectivity index (χ2n) is 8.58. The minimum absolute atomic E-state index is 0.0196. The fraction of sp³-hybridized carbons (Fsp3) is 0.179. The van der Waals surface area contributed by atoms with Crippen LogP contribution >= 0.6 is 0 Å². The van der Waals surface area contributed by atoms with Gasteiger partial charge in [-0.15, -0.1) is 0 Å². The normalized spacial score (nSPS) is 17.8. The van der Waals surface area contributed by atoms with Crippen molar-refractivity contribution in [1.29, 1.82) is 5.41 Å². The molecule has 3 aromatic carbocycles. The van der Waals surface area contributed by atoms with Gasteiger partial charge in [0.25, 0.3) is 6.02 Å². The van der Waals surface area contributed by atoms with Gasteiger partial charge in [0.1, 0.15) is 5.82 Å². The molecular formula is C28H27FN6O2. The first kappa shape index (κ1) is 24.2. The Hall–Kier alpha value is -4.50. The summed E-state index contributed by atoms with van der Waals surface area (Å²) in [5, 5.41) is 11.5. The summed E-state index contributed by atoms with van der Waals surface area (Å²) in [7, 11) is 0. The van der Waals surface area contributed by atoms with E-state index in [0.717, 1.165) is 22.5 Å². The van der Waals surface area contributed by atoms with Gasteiger partial charge >= 0.3 is 0 Å². The molecule has 0 bridgehead atoms. The topological polar surface area (TPSA) is 108 Å². The zero-order valence-electron chi connectivity index (χ0n) is 20.2. The minimum Gasteiger partial charge on any atom is -0.407 e. The number of benzodiazepines with no additional fused rings is 1. The first-order valence-corrected chi connectivity index (χ1v) is 11.9. The Morgan fingerprint density at radius 1 is 1.11 bits per heavy atom. The smallest absolute Gasteiger partial charge is 0.291 e. The fourth-order valence-electron chi connectivity index (χ4n) is 4.25. The fourth-order valence-corrected chi connectivity index (χ4v) is 4.25. The standard InChI is InChI=1S/C28H27FN6O2/c1-18-27(33-25(19-7-3-2-4-8-19)22-9-5-6-10-24(22)32-18)34-28(31)37-26(30)21-12-11-20(17-23(21)29)35-13-15-36-16-14-35/h2-12,17,27,30,32H,1,13-16H2,(H2,31,34)/t27-/m0/s1. The van der Waals surface area contributed by atoms with Gasteiger partial charge in [0.2, 0.25) is 5.90 Å². The van der Waals surface area contributed by atoms with Crippen LogP contribution in [-0.2, 0) is 9.47 Å². The van der Waals surface area contributed by atoms with Gasteiger partial charge in [0.15, 0.2) is 6.17 Å². The van der Waals surface area contributed by atoms with Crippen LogP contribution in [-0.4, -0.2) is 50.1 Å². The third-order valence-electron chi connectivity index (χ3n) is 6.12. The van der Waals surface area contributed by atoms with E-state index in [1.165, 1.54) is 12.1 Å². The van der Waals surface area contributed by atoms with Gasteiger partial charge in [-0.25, -0.2) is 9.38 Å². The van der Waals surface area contributed by atoms with E-state index in [4.69, 9.17) is 25.6 Å². The summed E-state index contributed by atoms with van der Waals surface area (Å²) >= 11 is 0. The summed E-state index contributed by atoms with van der Waals surface area (Å²) in [6, 6.07) is 21.8. The lowest BCUT2D eigenvalue weighted by molar-refractivity contribution is 0.122. The van der Waals surface area contributed by atoms with Crippen LogP contribution in [0.3, 0.4) is 0 Å². The first-order chi connectivity index (χ1) is 18.0. The Bertz CT molecular complexity index is 1380. The summed E-state index contributed by atoms with van der Waals surface area (Å²) in [6.45, 7) is 6.63. The highest BCUT2D eigenvalue weighted by atomic mass is 19.1. The molecule has 2 aliphatic heterocycles. The molecule has 188 valence electrons. The number of nitrogens with zero attached hydrogens (tertiary/aromatic N) is 3. The van der Waals surface area contributed by atoms with Crippen molar-refractivity contribution in [3.8, 4) is 0 Å². The van der Waals surface area contributed by atoms with E-state index in [0.29, 0.717) is 37.7 Å². The molecule has 0 aliphatic carbocycles. The number of hydrogen-bond acceptors (Lipinski definition) is 7. The van der Waals surface area contributed by atoms with E-state index in [1.807, 2.05) is 59.5 Å². The summed E-state index contributed by atoms with van der Waals surface area (Å²) in [6.07, 6.45) is -0.830. The second-order valence-corrected chi connectivity index (χ2v) is 8.58. The molecule has 1 fully saturated rings. The van der Waals surface area contributed by atoms with Crippen LogP contribution in [0.5, 0.6) is 0 Å². The second kappa shape index (κ2) is 10.6. The zero-order valence-corrected chi connectivity index (χ0v) is 20.2. The molecule has 3 aromatic rings. The lowest BCUT2D eigenvalue weighted by atomic mass is 10.0. The van der Waals surface area contributed by atoms with Crippen molar-refractivity contribution in [1.82, 2.24) is 0 Å². The number of hydrogen-bond donors (Lipinski definition) is 3. The molecule has 0 radical (unpaired) electrons. The molecular weight excluding hydrogens is 471 g/mol. The van der Waals surface area contributed by atoms with Crippen LogP contribution in [0.25, 0.3) is 0 Å². The first-order valence-electron chi connectivity index (χ1n) is 11.9. The molecule has 5 rings (SSSR count). The number of halogens is 1. The summed E-state index contributed by atoms with van der Waals surface area (Å²) in [5.41, 5.74) is 10.6. The van der Waals surface area contributed by atoms with Gasteiger partial charge in [-0.2, -0.15) is 0 Å². The highest BCUT2D eigenvalue weighted by molar-refractivity contribution is 6.16. The monoisotopic (exact) mass is 498 g/mol. The summed E-state index contributed by atoms with van der Waals surface area (Å²) < 4.78 is 25.6. The van der Waals surface area contributed by atoms with E-state index in [9.17, 15) is 4.39 Å². The molecule has 0 spiro atoms. The van der Waals surface area contributed by atoms with E-state index in [-0.39, 0.29) is 11.6 Å². The Morgan fingerprint density at radius 2 is 1.84 bits per heavy atom. The molecule has 8 nitrogen and oxygen atoms in total. The number of para-hydroxylation sites is 1. The number of aliphatic imine (C=N–C) groups is 2. The van der Waals surface area contributed by atoms with Crippen LogP contribution in [0.1, 0.15) is 16.7 Å². The molecule has 9 heteroatoms. The van der Waals surface area contributed by atoms with E-state index >= 15 is 0 Å². The van der Waals surface area contributed by atoms with Crippen LogP contribution in [0.2, 0.25) is 0 Å². The number of fused-ring (bicyclic) bond motifs is 1. The Morgan fingerprint density at radius 3 is 2.59 bits per heavy atom. The molecule has 0 unspecified atom stereocenters. The van der Waals surface area contributed by atoms with Crippen molar-refractivity contribution in [2.45, 2.75) is 6.17 Å². The van der Waals surface area contributed by atoms with Gasteiger partial charge in [0.05, 0.1) is 30.2 Å². The quantitative estimate of drug-likeness (QED) is 0.370. The van der Waals surface area contributed by atoms with Crippen molar-refractivity contribution >= 4 is 29.0 Å². The average Bonchev–Trinajstić information content (AvgIpc) is 3.05. The number of amidine groups is 1. The third-order valence-corrected chi connectivity index (χ3v) is 6.12. The number of nitrogens with two attached hydrogens (primary N) is 1. The van der Waals surface area contributed by atoms with Crippen molar-refractivity contribution < 1.29 is 13.9 Å². The Balaban J connectivity index is 1.38. The number of nitrogens with one attached hydrogen (secondary N) is 2. The molecule has 0 amide bonds. The largest absolute Gasteiger partial charge is 0.407 e. The van der Waals surface area contributed by atoms with Gasteiger partial charge in [-0.3, -0.25) is 10.4 Å². The van der Waals surface area contributed by atoms with Crippen molar-refractivity contribution in [2.24, 2.45) is 15.7 Å². The molecule has 0 aromatic heterocycles. The molecule has 4 N–H and O–H groups in total.